The van der Waals surface area contributed by atoms with Gasteiger partial charge in [0.25, 0.3) is 0 Å². The molecule has 0 spiro atoms. The molecule has 63 heavy (non-hydrogen) atoms. The van der Waals surface area contributed by atoms with Crippen molar-refractivity contribution in [2.75, 3.05) is 0 Å². The summed E-state index contributed by atoms with van der Waals surface area (Å²) >= 11 is 0. The van der Waals surface area contributed by atoms with Crippen LogP contribution >= 0.6 is 0 Å². The van der Waals surface area contributed by atoms with Crippen molar-refractivity contribution < 1.29 is 29.7 Å². The van der Waals surface area contributed by atoms with Crippen LogP contribution < -0.4 is 0 Å². The van der Waals surface area contributed by atoms with Crippen molar-refractivity contribution in [3.8, 4) is 0 Å². The molecule has 0 radical (unpaired) electrons. The lowest BCUT2D eigenvalue weighted by Crippen LogP contribution is -1.93. The van der Waals surface area contributed by atoms with E-state index in [1.165, 1.54) is 218 Å². The molecule has 6 heteroatoms. The zero-order valence-electron chi connectivity index (χ0n) is 42.9. The Kier molecular flexibility index (Phi) is 70.7. The molecule has 0 heterocycles. The highest BCUT2D eigenvalue weighted by atomic mass is 16.4. The van der Waals surface area contributed by atoms with Crippen LogP contribution in [0.15, 0.2) is 36.5 Å². The van der Waals surface area contributed by atoms with Gasteiger partial charge < -0.3 is 15.3 Å². The van der Waals surface area contributed by atoms with E-state index in [0.717, 1.165) is 38.5 Å². The highest BCUT2D eigenvalue weighted by Gasteiger charge is 1.98. The molecule has 0 amide bonds. The summed E-state index contributed by atoms with van der Waals surface area (Å²) in [6, 6.07) is 0. The number of hydrogen-bond donors (Lipinski definition) is 3. The summed E-state index contributed by atoms with van der Waals surface area (Å²) < 4.78 is 0. The van der Waals surface area contributed by atoms with E-state index in [1.807, 2.05) is 0 Å². The van der Waals surface area contributed by atoms with Crippen LogP contribution in [0.5, 0.6) is 0 Å². The Bertz CT molecular complexity index is 835. The SMILES string of the molecule is CCC.CCCCCCCC/C=C\CCCCCCCC(=O)O.CCCCCCCC/C=C\CCCCCCCC(=O)O.CCCCCCCC/C=C\CCCCCCCC(=O)O. The van der Waals surface area contributed by atoms with Crippen LogP contribution in [0.3, 0.4) is 0 Å². The summed E-state index contributed by atoms with van der Waals surface area (Å²) in [6.07, 6.45) is 65.0. The minimum Gasteiger partial charge on any atom is -0.481 e. The molecule has 0 atom stereocenters. The van der Waals surface area contributed by atoms with Crippen molar-refractivity contribution in [2.24, 2.45) is 0 Å². The normalized spacial score (nSPS) is 11.0. The summed E-state index contributed by atoms with van der Waals surface area (Å²) in [7, 11) is 0. The second-order valence-electron chi connectivity index (χ2n) is 17.9. The van der Waals surface area contributed by atoms with Crippen LogP contribution in [0.1, 0.15) is 311 Å². The standard InChI is InChI=1S/3C18H34O2.C3H8/c3*1-2-3-4-5-6-7-8-9-10-11-12-13-14-15-16-17-18(19)20;1-3-2/h3*9-10H,2-8,11-17H2,1H3,(H,19,20);3H2,1-2H3/b3*10-9-;. The fourth-order valence-electron chi connectivity index (χ4n) is 7.04. The van der Waals surface area contributed by atoms with Gasteiger partial charge in [0.05, 0.1) is 0 Å². The smallest absolute Gasteiger partial charge is 0.303 e. The Hall–Kier alpha value is -2.37. The van der Waals surface area contributed by atoms with Crippen molar-refractivity contribution in [1.29, 1.82) is 0 Å². The Morgan fingerprint density at radius 3 is 0.556 bits per heavy atom. The monoisotopic (exact) mass is 891 g/mol. The van der Waals surface area contributed by atoms with E-state index in [2.05, 4.69) is 71.1 Å². The highest BCUT2D eigenvalue weighted by molar-refractivity contribution is 5.67. The van der Waals surface area contributed by atoms with E-state index < -0.39 is 17.9 Å². The Labute approximate surface area is 393 Å². The first kappa shape index (κ1) is 67.2. The van der Waals surface area contributed by atoms with Gasteiger partial charge in [-0.2, -0.15) is 0 Å². The molecular formula is C57H110O6. The van der Waals surface area contributed by atoms with Gasteiger partial charge in [-0.1, -0.05) is 232 Å². The molecule has 0 aliphatic heterocycles. The van der Waals surface area contributed by atoms with Crippen LogP contribution in [-0.4, -0.2) is 33.2 Å². The predicted molar refractivity (Wildman–Crippen MR) is 277 cm³/mol. The number of rotatable bonds is 45. The maximum absolute atomic E-state index is 10.3. The highest BCUT2D eigenvalue weighted by Crippen LogP contribution is 2.13. The average molecular weight is 892 g/mol. The van der Waals surface area contributed by atoms with Crippen molar-refractivity contribution in [3.63, 3.8) is 0 Å². The third kappa shape index (κ3) is 83.7. The molecule has 0 aliphatic rings. The van der Waals surface area contributed by atoms with Crippen molar-refractivity contribution in [3.05, 3.63) is 36.5 Å². The second kappa shape index (κ2) is 66.2. The van der Waals surface area contributed by atoms with E-state index in [0.29, 0.717) is 19.3 Å². The molecule has 3 N–H and O–H groups in total. The van der Waals surface area contributed by atoms with Gasteiger partial charge in [0.1, 0.15) is 0 Å². The van der Waals surface area contributed by atoms with E-state index in [-0.39, 0.29) is 0 Å². The number of hydrogen-bond acceptors (Lipinski definition) is 3. The molecule has 0 fully saturated rings. The molecule has 0 aromatic rings. The van der Waals surface area contributed by atoms with E-state index in [9.17, 15) is 14.4 Å². The number of carboxylic acids is 3. The molecular weight excluding hydrogens is 781 g/mol. The Balaban J connectivity index is -0.000000401. The van der Waals surface area contributed by atoms with Gasteiger partial charge in [-0.05, 0) is 96.3 Å². The number of carboxylic acid groups (broad SMARTS) is 3. The second-order valence-corrected chi connectivity index (χ2v) is 17.9. The molecule has 0 aliphatic carbocycles. The zero-order valence-corrected chi connectivity index (χ0v) is 42.9. The number of unbranched alkanes of at least 4 members (excludes halogenated alkanes) is 33. The molecule has 0 saturated heterocycles. The maximum atomic E-state index is 10.3. The van der Waals surface area contributed by atoms with E-state index in [1.54, 1.807) is 0 Å². The third-order valence-corrected chi connectivity index (χ3v) is 11.0. The fraction of sp³-hybridized carbons (Fsp3) is 0.842. The van der Waals surface area contributed by atoms with Gasteiger partial charge >= 0.3 is 17.9 Å². The first-order valence-electron chi connectivity index (χ1n) is 27.3. The fourth-order valence-corrected chi connectivity index (χ4v) is 7.04. The van der Waals surface area contributed by atoms with Gasteiger partial charge in [-0.25, -0.2) is 0 Å². The average Bonchev–Trinajstić information content (AvgIpc) is 3.25. The van der Waals surface area contributed by atoms with Gasteiger partial charge in [0.15, 0.2) is 0 Å². The zero-order chi connectivity index (χ0) is 47.4. The van der Waals surface area contributed by atoms with E-state index in [4.69, 9.17) is 15.3 Å². The molecule has 0 unspecified atom stereocenters. The van der Waals surface area contributed by atoms with Gasteiger partial charge in [-0.15, -0.1) is 0 Å². The summed E-state index contributed by atoms with van der Waals surface area (Å²) in [5.74, 6) is -1.99. The lowest BCUT2D eigenvalue weighted by atomic mass is 10.1. The van der Waals surface area contributed by atoms with Gasteiger partial charge in [-0.3, -0.25) is 14.4 Å². The number of carbonyl (C=O) groups is 3. The minimum atomic E-state index is -0.664. The van der Waals surface area contributed by atoms with Crippen LogP contribution in [0.4, 0.5) is 0 Å². The molecule has 0 rings (SSSR count). The molecule has 0 aromatic heterocycles. The molecule has 0 bridgehead atoms. The Morgan fingerprint density at radius 2 is 0.397 bits per heavy atom. The summed E-state index contributed by atoms with van der Waals surface area (Å²) in [5, 5.41) is 25.5. The lowest BCUT2D eigenvalue weighted by molar-refractivity contribution is -0.138. The van der Waals surface area contributed by atoms with E-state index >= 15 is 0 Å². The first-order chi connectivity index (χ1) is 30.7. The molecule has 6 nitrogen and oxygen atoms in total. The third-order valence-electron chi connectivity index (χ3n) is 11.0. The summed E-state index contributed by atoms with van der Waals surface area (Å²) in [5.41, 5.74) is 0. The minimum absolute atomic E-state index is 0.332. The number of allylic oxidation sites excluding steroid dienone is 6. The largest absolute Gasteiger partial charge is 0.481 e. The maximum Gasteiger partial charge on any atom is 0.303 e. The van der Waals surface area contributed by atoms with Crippen molar-refractivity contribution >= 4 is 17.9 Å². The quantitative estimate of drug-likeness (QED) is 0.0415. The van der Waals surface area contributed by atoms with Crippen LogP contribution in [0, 0.1) is 0 Å². The predicted octanol–water partition coefficient (Wildman–Crippen LogP) is 19.7. The summed E-state index contributed by atoms with van der Waals surface area (Å²) in [6.45, 7) is 11.0. The summed E-state index contributed by atoms with van der Waals surface area (Å²) in [4.78, 5) is 31.0. The van der Waals surface area contributed by atoms with Gasteiger partial charge in [0.2, 0.25) is 0 Å². The molecule has 0 saturated carbocycles. The molecule has 374 valence electrons. The molecule has 0 aromatic carbocycles. The van der Waals surface area contributed by atoms with Crippen LogP contribution in [0.25, 0.3) is 0 Å². The Morgan fingerprint density at radius 1 is 0.254 bits per heavy atom. The topological polar surface area (TPSA) is 112 Å². The van der Waals surface area contributed by atoms with Gasteiger partial charge in [0, 0.05) is 19.3 Å². The first-order valence-corrected chi connectivity index (χ1v) is 27.3. The lowest BCUT2D eigenvalue weighted by Gasteiger charge is -1.99. The van der Waals surface area contributed by atoms with Crippen molar-refractivity contribution in [1.82, 2.24) is 0 Å². The van der Waals surface area contributed by atoms with Crippen molar-refractivity contribution in [2.45, 2.75) is 311 Å². The van der Waals surface area contributed by atoms with Crippen LogP contribution in [-0.2, 0) is 14.4 Å². The number of aliphatic carboxylic acids is 3. The van der Waals surface area contributed by atoms with Crippen LogP contribution in [0.2, 0.25) is 0 Å².